The van der Waals surface area contributed by atoms with Gasteiger partial charge in [0.2, 0.25) is 17.8 Å². The van der Waals surface area contributed by atoms with Gasteiger partial charge in [-0.15, -0.1) is 0 Å². The van der Waals surface area contributed by atoms with Crippen LogP contribution in [-0.4, -0.2) is 74.0 Å². The number of methoxy groups -OCH3 is 1. The molecule has 2 aromatic carbocycles. The number of nitrogens with one attached hydrogen (secondary N) is 4. The van der Waals surface area contributed by atoms with E-state index in [4.69, 9.17) is 19.9 Å². The Morgan fingerprint density at radius 2 is 1.60 bits per heavy atom. The zero-order chi connectivity index (χ0) is 30.1. The van der Waals surface area contributed by atoms with Crippen molar-refractivity contribution in [3.63, 3.8) is 0 Å². The number of anilines is 4. The zero-order valence-electron chi connectivity index (χ0n) is 24.9. The Morgan fingerprint density at radius 3 is 2.35 bits per heavy atom. The van der Waals surface area contributed by atoms with E-state index in [0.717, 1.165) is 17.9 Å². The van der Waals surface area contributed by atoms with E-state index in [9.17, 15) is 4.79 Å². The molecule has 12 nitrogen and oxygen atoms in total. The molecule has 1 fully saturated rings. The molecule has 0 bridgehead atoms. The number of aromatic nitrogens is 3. The number of carbonyl (C=O) groups is 1. The largest absolute Gasteiger partial charge is 0.497 e. The maximum Gasteiger partial charge on any atom is 0.251 e. The van der Waals surface area contributed by atoms with Crippen molar-refractivity contribution in [1.29, 1.82) is 0 Å². The van der Waals surface area contributed by atoms with Crippen LogP contribution in [0.4, 0.5) is 23.5 Å². The van der Waals surface area contributed by atoms with Gasteiger partial charge in [0, 0.05) is 37.4 Å². The summed E-state index contributed by atoms with van der Waals surface area (Å²) in [5, 5.41) is 12.9. The number of nitrogens with zero attached hydrogens (tertiary/aromatic N) is 3. The van der Waals surface area contributed by atoms with Gasteiger partial charge in [-0.05, 0) is 54.7 Å². The quantitative estimate of drug-likeness (QED) is 0.136. The first-order valence-electron chi connectivity index (χ1n) is 15.0. The highest BCUT2D eigenvalue weighted by Crippen LogP contribution is 2.24. The molecule has 1 aliphatic carbocycles. The Balaban J connectivity index is 1.37. The van der Waals surface area contributed by atoms with Gasteiger partial charge in [-0.1, -0.05) is 37.5 Å². The molecular weight excluding hydrogens is 548 g/mol. The standard InChI is InChI=1S/C31H44N8O4/c1-41-27-12-10-24(11-13-27)22-35-30-37-29(34-21-23-6-3-2-4-7-23)38-31(39-30)36-26-9-5-8-25(20-26)28(40)33-15-17-43-19-18-42-16-14-32/h5,8-13,20,23H,2-4,6-7,14-19,21-22,32H2,1H3,(H,33,40)(H3,34,35,36,37,38,39). The van der Waals surface area contributed by atoms with Gasteiger partial charge < -0.3 is 41.2 Å². The maximum atomic E-state index is 12.7. The first kappa shape index (κ1) is 31.9. The number of benzene rings is 2. The highest BCUT2D eigenvalue weighted by molar-refractivity contribution is 5.95. The van der Waals surface area contributed by atoms with Crippen LogP contribution >= 0.6 is 0 Å². The van der Waals surface area contributed by atoms with Gasteiger partial charge in [0.15, 0.2) is 0 Å². The molecule has 0 atom stereocenters. The zero-order valence-corrected chi connectivity index (χ0v) is 24.9. The number of nitrogens with two attached hydrogens (primary N) is 1. The summed E-state index contributed by atoms with van der Waals surface area (Å²) >= 11 is 0. The van der Waals surface area contributed by atoms with Crippen molar-refractivity contribution in [1.82, 2.24) is 20.3 Å². The number of hydrogen-bond donors (Lipinski definition) is 5. The molecule has 1 heterocycles. The van der Waals surface area contributed by atoms with Crippen molar-refractivity contribution in [3.05, 3.63) is 59.7 Å². The Bertz CT molecular complexity index is 1250. The lowest BCUT2D eigenvalue weighted by molar-refractivity contribution is 0.0511. The van der Waals surface area contributed by atoms with E-state index >= 15 is 0 Å². The third-order valence-corrected chi connectivity index (χ3v) is 7.07. The second-order valence-corrected chi connectivity index (χ2v) is 10.4. The van der Waals surface area contributed by atoms with E-state index in [0.29, 0.717) is 81.1 Å². The van der Waals surface area contributed by atoms with Gasteiger partial charge in [0.1, 0.15) is 5.75 Å². The van der Waals surface area contributed by atoms with Crippen molar-refractivity contribution in [2.24, 2.45) is 11.7 Å². The molecule has 1 saturated carbocycles. The highest BCUT2D eigenvalue weighted by atomic mass is 16.5. The minimum Gasteiger partial charge on any atom is -0.497 e. The molecule has 0 unspecified atom stereocenters. The molecule has 1 aromatic heterocycles. The number of ether oxygens (including phenoxy) is 3. The molecule has 0 aliphatic heterocycles. The molecule has 12 heteroatoms. The molecule has 43 heavy (non-hydrogen) atoms. The van der Waals surface area contributed by atoms with Crippen LogP contribution in [0.15, 0.2) is 48.5 Å². The van der Waals surface area contributed by atoms with Crippen molar-refractivity contribution in [2.45, 2.75) is 38.6 Å². The lowest BCUT2D eigenvalue weighted by Gasteiger charge is -2.21. The van der Waals surface area contributed by atoms with Crippen molar-refractivity contribution in [3.8, 4) is 5.75 Å². The predicted octanol–water partition coefficient (Wildman–Crippen LogP) is 3.95. The summed E-state index contributed by atoms with van der Waals surface area (Å²) in [5.41, 5.74) is 7.65. The Hall–Kier alpha value is -4.00. The SMILES string of the molecule is COc1ccc(CNc2nc(NCC3CCCCC3)nc(Nc3cccc(C(=O)NCCOCCOCCN)c3)n2)cc1. The molecule has 0 spiro atoms. The third-order valence-electron chi connectivity index (χ3n) is 7.07. The van der Waals surface area contributed by atoms with Crippen LogP contribution in [0.5, 0.6) is 5.75 Å². The summed E-state index contributed by atoms with van der Waals surface area (Å²) in [6, 6.07) is 15.0. The van der Waals surface area contributed by atoms with Gasteiger partial charge in [0.05, 0.1) is 33.5 Å². The van der Waals surface area contributed by atoms with Crippen LogP contribution in [0.1, 0.15) is 48.0 Å². The molecule has 1 amide bonds. The normalized spacial score (nSPS) is 13.3. The Labute approximate surface area is 253 Å². The summed E-state index contributed by atoms with van der Waals surface area (Å²) in [7, 11) is 1.65. The van der Waals surface area contributed by atoms with Crippen molar-refractivity contribution < 1.29 is 19.0 Å². The van der Waals surface area contributed by atoms with Gasteiger partial charge in [-0.25, -0.2) is 0 Å². The number of hydrogen-bond acceptors (Lipinski definition) is 11. The van der Waals surface area contributed by atoms with E-state index < -0.39 is 0 Å². The van der Waals surface area contributed by atoms with Crippen LogP contribution < -0.4 is 31.7 Å². The second kappa shape index (κ2) is 17.8. The topological polar surface area (TPSA) is 158 Å². The van der Waals surface area contributed by atoms with Crippen molar-refractivity contribution in [2.75, 3.05) is 69.1 Å². The highest BCUT2D eigenvalue weighted by Gasteiger charge is 2.15. The number of amides is 1. The molecule has 232 valence electrons. The van der Waals surface area contributed by atoms with Crippen LogP contribution in [-0.2, 0) is 16.0 Å². The Kier molecular flexibility index (Phi) is 13.2. The summed E-state index contributed by atoms with van der Waals surface area (Å²) < 4.78 is 16.0. The van der Waals surface area contributed by atoms with Crippen molar-refractivity contribution >= 4 is 29.4 Å². The van der Waals surface area contributed by atoms with Crippen LogP contribution in [0.3, 0.4) is 0 Å². The summed E-state index contributed by atoms with van der Waals surface area (Å²) in [6.45, 7) is 4.07. The van der Waals surface area contributed by atoms with Crippen LogP contribution in [0.2, 0.25) is 0 Å². The summed E-state index contributed by atoms with van der Waals surface area (Å²) in [4.78, 5) is 26.6. The van der Waals surface area contributed by atoms with Gasteiger partial charge >= 0.3 is 0 Å². The van der Waals surface area contributed by atoms with E-state index in [1.54, 1.807) is 19.2 Å². The average molecular weight is 593 g/mol. The smallest absolute Gasteiger partial charge is 0.251 e. The molecule has 1 aliphatic rings. The summed E-state index contributed by atoms with van der Waals surface area (Å²) in [6.07, 6.45) is 6.29. The fourth-order valence-electron chi connectivity index (χ4n) is 4.75. The first-order valence-corrected chi connectivity index (χ1v) is 15.0. The van der Waals surface area contributed by atoms with E-state index in [1.165, 1.54) is 32.1 Å². The van der Waals surface area contributed by atoms with Gasteiger partial charge in [-0.2, -0.15) is 15.0 Å². The molecule has 0 radical (unpaired) electrons. The van der Waals surface area contributed by atoms with Crippen LogP contribution in [0.25, 0.3) is 0 Å². The van der Waals surface area contributed by atoms with E-state index in [-0.39, 0.29) is 5.91 Å². The van der Waals surface area contributed by atoms with E-state index in [1.807, 2.05) is 36.4 Å². The lowest BCUT2D eigenvalue weighted by atomic mass is 9.89. The van der Waals surface area contributed by atoms with Gasteiger partial charge in [0.25, 0.3) is 5.91 Å². The first-order chi connectivity index (χ1) is 21.1. The predicted molar refractivity (Wildman–Crippen MR) is 168 cm³/mol. The summed E-state index contributed by atoms with van der Waals surface area (Å²) in [5.74, 6) is 2.55. The van der Waals surface area contributed by atoms with Gasteiger partial charge in [-0.3, -0.25) is 4.79 Å². The second-order valence-electron chi connectivity index (χ2n) is 10.4. The Morgan fingerprint density at radius 1 is 0.884 bits per heavy atom. The fraction of sp³-hybridized carbons (Fsp3) is 0.484. The average Bonchev–Trinajstić information content (AvgIpc) is 3.05. The molecule has 6 N–H and O–H groups in total. The monoisotopic (exact) mass is 592 g/mol. The molecule has 0 saturated heterocycles. The number of rotatable bonds is 18. The lowest BCUT2D eigenvalue weighted by Crippen LogP contribution is -2.27. The third kappa shape index (κ3) is 11.3. The minimum absolute atomic E-state index is 0.195. The fourth-order valence-corrected chi connectivity index (χ4v) is 4.75. The maximum absolute atomic E-state index is 12.7. The van der Waals surface area contributed by atoms with E-state index in [2.05, 4.69) is 36.2 Å². The molecular formula is C31H44N8O4. The number of carbonyl (C=O) groups excluding carboxylic acids is 1. The van der Waals surface area contributed by atoms with Crippen LogP contribution in [0, 0.1) is 5.92 Å². The molecule has 4 rings (SSSR count). The minimum atomic E-state index is -0.195. The molecule has 3 aromatic rings.